The van der Waals surface area contributed by atoms with Gasteiger partial charge in [0.25, 0.3) is 0 Å². The van der Waals surface area contributed by atoms with Gasteiger partial charge in [-0.15, -0.1) is 0 Å². The number of aromatic nitrogens is 1. The summed E-state index contributed by atoms with van der Waals surface area (Å²) in [5.74, 6) is 0.606. The van der Waals surface area contributed by atoms with Crippen LogP contribution in [0.25, 0.3) is 28.0 Å². The first kappa shape index (κ1) is 17.3. The number of nitrogens with one attached hydrogen (secondary N) is 1. The lowest BCUT2D eigenvalue weighted by Crippen LogP contribution is -2.21. The number of hydrogen-bond donors (Lipinski definition) is 1. The van der Waals surface area contributed by atoms with Crippen LogP contribution in [0.2, 0.25) is 0 Å². The van der Waals surface area contributed by atoms with Gasteiger partial charge in [-0.2, -0.15) is 0 Å². The van der Waals surface area contributed by atoms with Crippen LogP contribution in [0.5, 0.6) is 0 Å². The number of pyridine rings is 1. The van der Waals surface area contributed by atoms with Crippen LogP contribution in [-0.4, -0.2) is 17.4 Å². The average molecular weight is 362 g/mol. The fraction of sp³-hybridized carbons (Fsp3) is 0.273. The van der Waals surface area contributed by atoms with Crippen LogP contribution in [-0.2, 0) is 13.0 Å². The fourth-order valence-corrected chi connectivity index (χ4v) is 3.82. The molecule has 1 aromatic carbocycles. The molecule has 5 heteroatoms. The zero-order valence-electron chi connectivity index (χ0n) is 15.8. The molecule has 0 saturated carbocycles. The molecule has 1 aliphatic heterocycles. The molecule has 0 aliphatic carbocycles. The Morgan fingerprint density at radius 2 is 2.15 bits per heavy atom. The maximum Gasteiger partial charge on any atom is 0.193 e. The van der Waals surface area contributed by atoms with Gasteiger partial charge in [0.15, 0.2) is 17.0 Å². The minimum absolute atomic E-state index is 0.124. The molecular formula is C22H22N2O3. The highest BCUT2D eigenvalue weighted by Crippen LogP contribution is 2.39. The van der Waals surface area contributed by atoms with E-state index in [1.54, 1.807) is 19.2 Å². The second kappa shape index (κ2) is 6.58. The molecule has 0 atom stereocenters. The van der Waals surface area contributed by atoms with Gasteiger partial charge in [0.05, 0.1) is 11.3 Å². The van der Waals surface area contributed by atoms with Crippen molar-refractivity contribution < 1.29 is 9.21 Å². The second-order valence-corrected chi connectivity index (χ2v) is 6.86. The Hall–Kier alpha value is -3.08. The van der Waals surface area contributed by atoms with E-state index < -0.39 is 0 Å². The number of allylic oxidation sites excluding steroid dienone is 1. The minimum Gasteiger partial charge on any atom is -0.454 e. The van der Waals surface area contributed by atoms with Gasteiger partial charge in [-0.1, -0.05) is 25.1 Å². The molecule has 1 aliphatic rings. The Bertz CT molecular complexity index is 1150. The monoisotopic (exact) mass is 362 g/mol. The number of carbonyl (C=O) groups excluding carboxylic acids is 1. The van der Waals surface area contributed by atoms with E-state index in [9.17, 15) is 9.59 Å². The van der Waals surface area contributed by atoms with Crippen molar-refractivity contribution in [2.24, 2.45) is 0 Å². The second-order valence-electron chi connectivity index (χ2n) is 6.86. The maximum atomic E-state index is 12.5. The number of fused-ring (bicyclic) bond motifs is 5. The van der Waals surface area contributed by atoms with Crippen LogP contribution in [0.1, 0.15) is 41.8 Å². The Balaban J connectivity index is 1.95. The SMILES string of the molecule is CCC(=O)c1cn2c(cc1=O)-c1oc3c(/C(C)=C/NC)cccc3c1CC2. The van der Waals surface area contributed by atoms with Gasteiger partial charge >= 0.3 is 0 Å². The molecule has 0 saturated heterocycles. The number of para-hydroxylation sites is 1. The normalized spacial score (nSPS) is 13.4. The summed E-state index contributed by atoms with van der Waals surface area (Å²) < 4.78 is 8.25. The van der Waals surface area contributed by atoms with Gasteiger partial charge in [0.1, 0.15) is 5.58 Å². The summed E-state index contributed by atoms with van der Waals surface area (Å²) >= 11 is 0. The first-order valence-corrected chi connectivity index (χ1v) is 9.22. The number of nitrogens with zero attached hydrogens (tertiary/aromatic N) is 1. The summed E-state index contributed by atoms with van der Waals surface area (Å²) in [5, 5.41) is 4.14. The molecule has 27 heavy (non-hydrogen) atoms. The Labute approximate surface area is 157 Å². The van der Waals surface area contributed by atoms with E-state index >= 15 is 0 Å². The number of aryl methyl sites for hydroxylation is 2. The van der Waals surface area contributed by atoms with E-state index in [1.165, 1.54) is 0 Å². The molecule has 4 rings (SSSR count). The van der Waals surface area contributed by atoms with E-state index in [4.69, 9.17) is 4.42 Å². The number of furan rings is 1. The van der Waals surface area contributed by atoms with Crippen molar-refractivity contribution in [1.29, 1.82) is 0 Å². The van der Waals surface area contributed by atoms with Crippen LogP contribution >= 0.6 is 0 Å². The van der Waals surface area contributed by atoms with Gasteiger partial charge in [-0.3, -0.25) is 9.59 Å². The minimum atomic E-state index is -0.243. The van der Waals surface area contributed by atoms with Crippen LogP contribution in [0.3, 0.4) is 0 Å². The quantitative estimate of drug-likeness (QED) is 0.713. The number of rotatable bonds is 4. The molecule has 0 fully saturated rings. The predicted octanol–water partition coefficient (Wildman–Crippen LogP) is 3.99. The van der Waals surface area contributed by atoms with Gasteiger partial charge in [0, 0.05) is 48.8 Å². The predicted molar refractivity (Wildman–Crippen MR) is 107 cm³/mol. The molecule has 3 heterocycles. The summed E-state index contributed by atoms with van der Waals surface area (Å²) in [7, 11) is 1.87. The molecular weight excluding hydrogens is 340 g/mol. The van der Waals surface area contributed by atoms with Crippen LogP contribution in [0, 0.1) is 0 Å². The highest BCUT2D eigenvalue weighted by molar-refractivity contribution is 5.97. The molecule has 0 spiro atoms. The van der Waals surface area contributed by atoms with E-state index in [2.05, 4.69) is 11.4 Å². The number of benzene rings is 1. The number of hydrogen-bond acceptors (Lipinski definition) is 4. The van der Waals surface area contributed by atoms with Crippen LogP contribution in [0.4, 0.5) is 0 Å². The zero-order chi connectivity index (χ0) is 19.1. The molecule has 0 bridgehead atoms. The van der Waals surface area contributed by atoms with Gasteiger partial charge in [-0.25, -0.2) is 0 Å². The lowest BCUT2D eigenvalue weighted by Gasteiger charge is -2.19. The lowest BCUT2D eigenvalue weighted by atomic mass is 9.98. The third kappa shape index (κ3) is 2.70. The molecule has 0 radical (unpaired) electrons. The summed E-state index contributed by atoms with van der Waals surface area (Å²) in [4.78, 5) is 24.5. The van der Waals surface area contributed by atoms with Gasteiger partial charge < -0.3 is 14.3 Å². The molecule has 2 aromatic heterocycles. The summed E-state index contributed by atoms with van der Waals surface area (Å²) in [6.07, 6.45) is 4.76. The first-order chi connectivity index (χ1) is 13.0. The van der Waals surface area contributed by atoms with Crippen molar-refractivity contribution in [3.63, 3.8) is 0 Å². The highest BCUT2D eigenvalue weighted by atomic mass is 16.3. The summed E-state index contributed by atoms with van der Waals surface area (Å²) in [5.41, 5.74) is 4.83. The Morgan fingerprint density at radius 1 is 1.33 bits per heavy atom. The lowest BCUT2D eigenvalue weighted by molar-refractivity contribution is 0.0986. The molecule has 3 aromatic rings. The van der Waals surface area contributed by atoms with Crippen molar-refractivity contribution in [3.05, 3.63) is 63.6 Å². The van der Waals surface area contributed by atoms with Crippen molar-refractivity contribution in [2.45, 2.75) is 33.2 Å². The Morgan fingerprint density at radius 3 is 2.89 bits per heavy atom. The number of carbonyl (C=O) groups is 1. The highest BCUT2D eigenvalue weighted by Gasteiger charge is 2.25. The molecule has 0 unspecified atom stereocenters. The Kier molecular flexibility index (Phi) is 4.22. The third-order valence-corrected chi connectivity index (χ3v) is 5.19. The molecule has 5 nitrogen and oxygen atoms in total. The van der Waals surface area contributed by atoms with E-state index in [0.717, 1.165) is 52.1 Å². The third-order valence-electron chi connectivity index (χ3n) is 5.19. The average Bonchev–Trinajstić information content (AvgIpc) is 3.06. The molecule has 1 N–H and O–H groups in total. The van der Waals surface area contributed by atoms with E-state index in [-0.39, 0.29) is 16.8 Å². The van der Waals surface area contributed by atoms with Gasteiger partial charge in [-0.05, 0) is 25.1 Å². The van der Waals surface area contributed by atoms with E-state index in [1.807, 2.05) is 36.9 Å². The fourth-order valence-electron chi connectivity index (χ4n) is 3.82. The smallest absolute Gasteiger partial charge is 0.193 e. The van der Waals surface area contributed by atoms with Crippen molar-refractivity contribution in [1.82, 2.24) is 9.88 Å². The topological polar surface area (TPSA) is 64.2 Å². The maximum absolute atomic E-state index is 12.5. The summed E-state index contributed by atoms with van der Waals surface area (Å²) in [6, 6.07) is 7.68. The largest absolute Gasteiger partial charge is 0.454 e. The number of ketones is 1. The number of Topliss-reactive ketones (excluding diaryl/α,β-unsaturated/α-hetero) is 1. The summed E-state index contributed by atoms with van der Waals surface area (Å²) in [6.45, 7) is 4.52. The standard InChI is InChI=1S/C22H22N2O3/c1-4-19(25)17-12-24-9-8-16-15-7-5-6-14(13(2)11-23-3)21(15)27-22(16)18(24)10-20(17)26/h5-7,10-12,23H,4,8-9H2,1-3H3/b13-11+. The van der Waals surface area contributed by atoms with Crippen LogP contribution in [0.15, 0.2) is 45.9 Å². The zero-order valence-corrected chi connectivity index (χ0v) is 15.8. The van der Waals surface area contributed by atoms with Crippen molar-refractivity contribution in [2.75, 3.05) is 7.05 Å². The molecule has 138 valence electrons. The van der Waals surface area contributed by atoms with Crippen molar-refractivity contribution in [3.8, 4) is 11.5 Å². The van der Waals surface area contributed by atoms with Crippen molar-refractivity contribution >= 4 is 22.3 Å². The first-order valence-electron chi connectivity index (χ1n) is 9.22. The molecule has 0 amide bonds. The van der Waals surface area contributed by atoms with Crippen LogP contribution < -0.4 is 10.7 Å². The van der Waals surface area contributed by atoms with E-state index in [0.29, 0.717) is 6.42 Å². The van der Waals surface area contributed by atoms with Gasteiger partial charge in [0.2, 0.25) is 0 Å².